The van der Waals surface area contributed by atoms with Gasteiger partial charge in [0.15, 0.2) is 6.29 Å². The van der Waals surface area contributed by atoms with Gasteiger partial charge in [-0.25, -0.2) is 0 Å². The normalized spacial score (nSPS) is 28.0. The van der Waals surface area contributed by atoms with Gasteiger partial charge in [0.2, 0.25) is 0 Å². The summed E-state index contributed by atoms with van der Waals surface area (Å²) in [5.74, 6) is 0.310. The van der Waals surface area contributed by atoms with E-state index in [0.717, 1.165) is 84.6 Å². The van der Waals surface area contributed by atoms with Gasteiger partial charge in [-0.1, -0.05) is 264 Å². The number of unbranched alkanes of at least 4 members (excludes halogenated alkanes) is 12. The van der Waals surface area contributed by atoms with Gasteiger partial charge in [-0.3, -0.25) is 9.59 Å². The fourth-order valence-electron chi connectivity index (χ4n) is 13.4. The lowest BCUT2D eigenvalue weighted by atomic mass is 9.71. The molecular weight excluding hydrogens is 1160 g/mol. The van der Waals surface area contributed by atoms with Gasteiger partial charge in [-0.15, -0.1) is 0 Å². The molecule has 4 aliphatic rings. The van der Waals surface area contributed by atoms with E-state index in [4.69, 9.17) is 23.7 Å². The quantitative estimate of drug-likeness (QED) is 0.0194. The summed E-state index contributed by atoms with van der Waals surface area (Å²) in [4.78, 5) is 25.2. The molecule has 0 amide bonds. The highest BCUT2D eigenvalue weighted by atomic mass is 16.7. The summed E-state index contributed by atoms with van der Waals surface area (Å²) in [6.45, 7) is 30.1. The smallest absolute Gasteiger partial charge is 0.305 e. The third kappa shape index (κ3) is 29.4. The molecule has 3 aliphatic carbocycles. The maximum Gasteiger partial charge on any atom is 0.305 e. The number of esters is 2. The summed E-state index contributed by atoms with van der Waals surface area (Å²) in [6, 6.07) is 0. The second kappa shape index (κ2) is 41.6. The van der Waals surface area contributed by atoms with E-state index in [9.17, 15) is 40.2 Å². The van der Waals surface area contributed by atoms with Crippen LogP contribution in [-0.4, -0.2) is 123 Å². The van der Waals surface area contributed by atoms with Crippen LogP contribution < -0.4 is 0 Å². The van der Waals surface area contributed by atoms with Crippen LogP contribution in [-0.2, 0) is 33.3 Å². The Balaban J connectivity index is 1.19. The van der Waals surface area contributed by atoms with Crippen molar-refractivity contribution in [1.82, 2.24) is 0 Å². The largest absolute Gasteiger partial charge is 0.465 e. The molecule has 13 nitrogen and oxygen atoms in total. The predicted molar refractivity (Wildman–Crippen MR) is 373 cm³/mol. The van der Waals surface area contributed by atoms with Gasteiger partial charge < -0.3 is 54.3 Å². The standard InChI is InChI=1S/C79H126O13/c1-54(2)33-25-21-17-15-19-23-27-41-69(80)88-52-62-49-67(72(83)74(85)71(62)82)90-63-47-60(9)65(78(11,12)50-63)45-43-58(7)39-31-37-56(5)35-29-30-36-57(6)38-32-40-59(8)44-46-66-61(10)48-64(51-79(66,13)14)91-77-76(87)75(86)73(84)68(92-77)53-89-70(81)42-28-24-20-16-18-22-26-34-55(3)4/h29-32,35-40,43-46,54-55,62-64,67-68,71-77,82-87H,15-28,33-34,41-42,47-53H2,1-14H3/b30-29+,37-31+,38-32+,45-43+,46-44+,56-35+,57-36+,58-39+,59-40+/t62-,63+,64+,67+,68+,71-,72-,73+,74+,75+,76+,77+/m0/s1. The molecule has 0 unspecified atom stereocenters. The minimum atomic E-state index is -1.52. The van der Waals surface area contributed by atoms with Gasteiger partial charge in [0.25, 0.3) is 0 Å². The molecule has 0 spiro atoms. The third-order valence-corrected chi connectivity index (χ3v) is 18.9. The van der Waals surface area contributed by atoms with Crippen molar-refractivity contribution in [3.8, 4) is 0 Å². The third-order valence-electron chi connectivity index (χ3n) is 18.9. The number of rotatable bonds is 38. The minimum Gasteiger partial charge on any atom is -0.465 e. The lowest BCUT2D eigenvalue weighted by Gasteiger charge is -2.44. The van der Waals surface area contributed by atoms with E-state index in [1.807, 2.05) is 12.2 Å². The van der Waals surface area contributed by atoms with Crippen molar-refractivity contribution in [2.45, 2.75) is 312 Å². The Morgan fingerprint density at radius 3 is 1.33 bits per heavy atom. The van der Waals surface area contributed by atoms with Gasteiger partial charge in [-0.2, -0.15) is 0 Å². The van der Waals surface area contributed by atoms with E-state index in [2.05, 4.69) is 170 Å². The number of aliphatic hydroxyl groups excluding tert-OH is 6. The summed E-state index contributed by atoms with van der Waals surface area (Å²) < 4.78 is 29.9. The Kier molecular flexibility index (Phi) is 36.3. The van der Waals surface area contributed by atoms with Gasteiger partial charge in [0.05, 0.1) is 31.0 Å². The van der Waals surface area contributed by atoms with Crippen LogP contribution in [0.2, 0.25) is 0 Å². The fraction of sp³-hybridized carbons (Fsp3) is 0.696. The fourth-order valence-corrected chi connectivity index (χ4v) is 13.4. The van der Waals surface area contributed by atoms with E-state index < -0.39 is 61.0 Å². The summed E-state index contributed by atoms with van der Waals surface area (Å²) in [7, 11) is 0. The average molecular weight is 1280 g/mol. The molecule has 0 aromatic carbocycles. The van der Waals surface area contributed by atoms with Crippen molar-refractivity contribution in [1.29, 1.82) is 0 Å². The Bertz CT molecular complexity index is 2410. The molecule has 520 valence electrons. The van der Waals surface area contributed by atoms with Crippen molar-refractivity contribution in [2.75, 3.05) is 13.2 Å². The van der Waals surface area contributed by atoms with Crippen molar-refractivity contribution in [3.05, 3.63) is 130 Å². The van der Waals surface area contributed by atoms with E-state index in [1.165, 1.54) is 80.9 Å². The topological polar surface area (TPSA) is 202 Å². The molecular formula is C79H126O13. The maximum absolute atomic E-state index is 12.6. The number of hydrogen-bond donors (Lipinski definition) is 6. The maximum atomic E-state index is 12.6. The lowest BCUT2D eigenvalue weighted by Crippen LogP contribution is -2.60. The number of carbonyl (C=O) groups excluding carboxylic acids is 2. The first-order chi connectivity index (χ1) is 43.6. The molecule has 4 rings (SSSR count). The highest BCUT2D eigenvalue weighted by Crippen LogP contribution is 2.45. The van der Waals surface area contributed by atoms with E-state index >= 15 is 0 Å². The minimum absolute atomic E-state index is 0.0161. The zero-order valence-corrected chi connectivity index (χ0v) is 59.4. The van der Waals surface area contributed by atoms with E-state index in [-0.39, 0.29) is 61.0 Å². The van der Waals surface area contributed by atoms with Crippen LogP contribution in [0.15, 0.2) is 130 Å². The molecule has 6 N–H and O–H groups in total. The zero-order valence-electron chi connectivity index (χ0n) is 59.4. The summed E-state index contributed by atoms with van der Waals surface area (Å²) in [6.07, 6.45) is 39.4. The SMILES string of the molecule is CC1=C(/C=C/C(C)=C/C=C/C(C)=C/C=C/C=C(C)/C=C/C=C(C)/C=C/C2=C(C)C[C@@H](O[C@@H]3C[C@@H](COC(=O)CCCCCCCCCC(C)C)[C@H](O)[C@@H](O)[C@H]3O)CC2(C)C)C(C)(C)C[C@H](O[C@@H]2O[C@H](COC(=O)CCCCCCCCCC(C)C)[C@@H](O)[C@@H](O)[C@H]2O)C1. The molecule has 0 aromatic rings. The van der Waals surface area contributed by atoms with Crippen molar-refractivity contribution >= 4 is 11.9 Å². The molecule has 1 heterocycles. The van der Waals surface area contributed by atoms with Gasteiger partial charge in [0, 0.05) is 18.8 Å². The van der Waals surface area contributed by atoms with Crippen molar-refractivity contribution in [3.63, 3.8) is 0 Å². The molecule has 0 aromatic heterocycles. The molecule has 0 radical (unpaired) electrons. The van der Waals surface area contributed by atoms with Crippen molar-refractivity contribution < 1.29 is 63.9 Å². The van der Waals surface area contributed by atoms with Crippen molar-refractivity contribution in [2.24, 2.45) is 28.6 Å². The lowest BCUT2D eigenvalue weighted by molar-refractivity contribution is -0.313. The summed E-state index contributed by atoms with van der Waals surface area (Å²) in [5.41, 5.74) is 8.78. The molecule has 1 saturated carbocycles. The van der Waals surface area contributed by atoms with Crippen LogP contribution in [0.25, 0.3) is 0 Å². The molecule has 92 heavy (non-hydrogen) atoms. The second-order valence-corrected chi connectivity index (χ2v) is 29.6. The molecule has 12 atom stereocenters. The molecule has 0 bridgehead atoms. The van der Waals surface area contributed by atoms with Gasteiger partial charge in [-0.05, 0) is 120 Å². The van der Waals surface area contributed by atoms with Gasteiger partial charge >= 0.3 is 11.9 Å². The first-order valence-corrected chi connectivity index (χ1v) is 35.4. The zero-order chi connectivity index (χ0) is 68.0. The number of aliphatic hydroxyl groups is 6. The van der Waals surface area contributed by atoms with Crippen LogP contribution in [0.4, 0.5) is 0 Å². The Hall–Kier alpha value is -4.28. The second-order valence-electron chi connectivity index (χ2n) is 29.6. The average Bonchev–Trinajstić information content (AvgIpc) is 0.858. The van der Waals surface area contributed by atoms with Crippen LogP contribution in [0.5, 0.6) is 0 Å². The van der Waals surface area contributed by atoms with Crippen LogP contribution in [0.3, 0.4) is 0 Å². The Morgan fingerprint density at radius 2 is 0.880 bits per heavy atom. The Labute approximate surface area is 556 Å². The van der Waals surface area contributed by atoms with E-state index in [0.29, 0.717) is 25.7 Å². The molecule has 1 saturated heterocycles. The molecule has 1 aliphatic heterocycles. The monoisotopic (exact) mass is 1280 g/mol. The first kappa shape index (κ1) is 80.2. The molecule has 13 heteroatoms. The summed E-state index contributed by atoms with van der Waals surface area (Å²) >= 11 is 0. The van der Waals surface area contributed by atoms with Crippen LogP contribution in [0, 0.1) is 28.6 Å². The predicted octanol–water partition coefficient (Wildman–Crippen LogP) is 16.3. The summed E-state index contributed by atoms with van der Waals surface area (Å²) in [5, 5.41) is 65.2. The number of hydrogen-bond acceptors (Lipinski definition) is 13. The van der Waals surface area contributed by atoms with Crippen LogP contribution in [0.1, 0.15) is 245 Å². The van der Waals surface area contributed by atoms with Crippen LogP contribution >= 0.6 is 0 Å². The number of allylic oxidation sites excluding steroid dienone is 20. The van der Waals surface area contributed by atoms with E-state index in [1.54, 1.807) is 0 Å². The number of carbonyl (C=O) groups is 2. The number of ether oxygens (including phenoxy) is 5. The highest BCUT2D eigenvalue weighted by molar-refractivity contribution is 5.69. The molecule has 2 fully saturated rings. The Morgan fingerprint density at radius 1 is 0.489 bits per heavy atom. The van der Waals surface area contributed by atoms with Gasteiger partial charge in [0.1, 0.15) is 43.2 Å². The highest BCUT2D eigenvalue weighted by Gasteiger charge is 2.48. The first-order valence-electron chi connectivity index (χ1n) is 35.4.